The van der Waals surface area contributed by atoms with Gasteiger partial charge in [0.25, 0.3) is 0 Å². The molecule has 2 amide bonds. The van der Waals surface area contributed by atoms with Gasteiger partial charge in [0.2, 0.25) is 21.8 Å². The average molecular weight is 453 g/mol. The van der Waals surface area contributed by atoms with Crippen LogP contribution in [0.4, 0.5) is 0 Å². The van der Waals surface area contributed by atoms with Crippen LogP contribution >= 0.6 is 11.6 Å². The van der Waals surface area contributed by atoms with Crippen molar-refractivity contribution >= 4 is 33.4 Å². The van der Waals surface area contributed by atoms with Crippen LogP contribution in [-0.4, -0.2) is 60.3 Å². The summed E-state index contributed by atoms with van der Waals surface area (Å²) in [5, 5.41) is 3.35. The molecule has 1 aromatic heterocycles. The third-order valence-corrected chi connectivity index (χ3v) is 6.09. The molecule has 1 heterocycles. The molecule has 1 atom stereocenters. The number of amides is 2. The van der Waals surface area contributed by atoms with Gasteiger partial charge in [0.15, 0.2) is 0 Å². The number of nitrogens with zero attached hydrogens (tertiary/aromatic N) is 3. The third-order valence-electron chi connectivity index (χ3n) is 4.57. The number of hydrogen-bond acceptors (Lipinski definition) is 5. The summed E-state index contributed by atoms with van der Waals surface area (Å²) < 4.78 is 24.4. The molecule has 0 saturated carbocycles. The summed E-state index contributed by atoms with van der Waals surface area (Å²) in [4.78, 5) is 30.9. The molecule has 1 aromatic carbocycles. The summed E-state index contributed by atoms with van der Waals surface area (Å²) in [5.74, 6) is -0.833. The van der Waals surface area contributed by atoms with Gasteiger partial charge in [-0.25, -0.2) is 8.42 Å². The normalized spacial score (nSPS) is 12.4. The van der Waals surface area contributed by atoms with Crippen LogP contribution in [0.15, 0.2) is 48.8 Å². The first-order valence-electron chi connectivity index (χ1n) is 9.19. The molecule has 0 aliphatic carbocycles. The van der Waals surface area contributed by atoms with Crippen molar-refractivity contribution in [1.82, 2.24) is 19.5 Å². The monoisotopic (exact) mass is 452 g/mol. The van der Waals surface area contributed by atoms with Gasteiger partial charge < -0.3 is 10.2 Å². The number of aromatic nitrogens is 1. The Kier molecular flexibility index (Phi) is 8.33. The Bertz CT molecular complexity index is 968. The van der Waals surface area contributed by atoms with Gasteiger partial charge in [-0.2, -0.15) is 4.31 Å². The van der Waals surface area contributed by atoms with Gasteiger partial charge in [0.05, 0.1) is 12.8 Å². The topological polar surface area (TPSA) is 99.7 Å². The number of halogens is 1. The van der Waals surface area contributed by atoms with E-state index < -0.39 is 22.0 Å². The van der Waals surface area contributed by atoms with E-state index in [1.165, 1.54) is 11.9 Å². The van der Waals surface area contributed by atoms with E-state index >= 15 is 0 Å². The molecule has 10 heteroatoms. The van der Waals surface area contributed by atoms with E-state index in [0.29, 0.717) is 5.02 Å². The molecule has 0 spiro atoms. The number of sulfonamides is 1. The van der Waals surface area contributed by atoms with E-state index in [0.717, 1.165) is 21.7 Å². The minimum absolute atomic E-state index is 0.136. The maximum Gasteiger partial charge on any atom is 0.242 e. The minimum Gasteiger partial charge on any atom is -0.350 e. The Balaban J connectivity index is 2.16. The lowest BCUT2D eigenvalue weighted by atomic mass is 10.1. The second-order valence-electron chi connectivity index (χ2n) is 6.92. The molecule has 162 valence electrons. The lowest BCUT2D eigenvalue weighted by Gasteiger charge is -2.30. The zero-order chi connectivity index (χ0) is 22.3. The smallest absolute Gasteiger partial charge is 0.242 e. The van der Waals surface area contributed by atoms with Crippen molar-refractivity contribution in [1.29, 1.82) is 0 Å². The maximum absolute atomic E-state index is 12.9. The summed E-state index contributed by atoms with van der Waals surface area (Å²) in [6.45, 7) is 1.67. The van der Waals surface area contributed by atoms with Gasteiger partial charge in [-0.05, 0) is 42.3 Å². The molecule has 2 aromatic rings. The van der Waals surface area contributed by atoms with Crippen molar-refractivity contribution in [2.45, 2.75) is 26.1 Å². The van der Waals surface area contributed by atoms with Gasteiger partial charge in [-0.1, -0.05) is 23.7 Å². The first-order chi connectivity index (χ1) is 14.1. The van der Waals surface area contributed by atoms with E-state index in [1.54, 1.807) is 55.7 Å². The number of likely N-dealkylation sites (N-methyl/N-ethyl adjacent to an activating group) is 1. The standard InChI is InChI=1S/C20H25ClN4O4S/c1-15(20(27)23-12-16-8-10-22-11-9-16)25(13-17-4-6-18(21)7-5-17)19(26)14-24(2)30(3,28)29/h4-11,15H,12-14H2,1-3H3,(H,23,27)/t15-/m0/s1. The highest BCUT2D eigenvalue weighted by molar-refractivity contribution is 7.88. The molecule has 0 fully saturated rings. The number of rotatable bonds is 9. The van der Waals surface area contributed by atoms with Gasteiger partial charge in [0.1, 0.15) is 6.04 Å². The Morgan fingerprint density at radius 3 is 2.27 bits per heavy atom. The minimum atomic E-state index is -3.54. The van der Waals surface area contributed by atoms with Crippen LogP contribution in [0.5, 0.6) is 0 Å². The van der Waals surface area contributed by atoms with Gasteiger partial charge in [-0.3, -0.25) is 14.6 Å². The van der Waals surface area contributed by atoms with Gasteiger partial charge >= 0.3 is 0 Å². The highest BCUT2D eigenvalue weighted by atomic mass is 35.5. The summed E-state index contributed by atoms with van der Waals surface area (Å²) in [5.41, 5.74) is 1.64. The fraction of sp³-hybridized carbons (Fsp3) is 0.350. The van der Waals surface area contributed by atoms with Crippen LogP contribution in [-0.2, 0) is 32.7 Å². The van der Waals surface area contributed by atoms with E-state index in [4.69, 9.17) is 11.6 Å². The summed E-state index contributed by atoms with van der Waals surface area (Å²) in [7, 11) is -2.22. The number of hydrogen-bond donors (Lipinski definition) is 1. The SMILES string of the molecule is C[C@@H](C(=O)NCc1ccncc1)N(Cc1ccc(Cl)cc1)C(=O)CN(C)S(C)(=O)=O. The zero-order valence-corrected chi connectivity index (χ0v) is 18.7. The molecule has 0 saturated heterocycles. The molecule has 0 unspecified atom stereocenters. The number of pyridine rings is 1. The Morgan fingerprint density at radius 2 is 1.70 bits per heavy atom. The highest BCUT2D eigenvalue weighted by Gasteiger charge is 2.28. The predicted molar refractivity (Wildman–Crippen MR) is 115 cm³/mol. The first-order valence-corrected chi connectivity index (χ1v) is 11.4. The molecule has 2 rings (SSSR count). The molecule has 0 aliphatic rings. The second-order valence-corrected chi connectivity index (χ2v) is 9.44. The number of nitrogens with one attached hydrogen (secondary N) is 1. The third kappa shape index (κ3) is 7.08. The lowest BCUT2D eigenvalue weighted by Crippen LogP contribution is -2.50. The molecular formula is C20H25ClN4O4S. The number of benzene rings is 1. The van der Waals surface area contributed by atoms with Crippen molar-refractivity contribution in [3.63, 3.8) is 0 Å². The van der Waals surface area contributed by atoms with E-state index in [2.05, 4.69) is 10.3 Å². The highest BCUT2D eigenvalue weighted by Crippen LogP contribution is 2.14. The van der Waals surface area contributed by atoms with Crippen LogP contribution in [0.3, 0.4) is 0 Å². The molecule has 0 bridgehead atoms. The summed E-state index contributed by atoms with van der Waals surface area (Å²) in [6, 6.07) is 9.63. The quantitative estimate of drug-likeness (QED) is 0.623. The maximum atomic E-state index is 12.9. The molecule has 30 heavy (non-hydrogen) atoms. The number of carbonyl (C=O) groups excluding carboxylic acids is 2. The first kappa shape index (κ1) is 23.8. The fourth-order valence-electron chi connectivity index (χ4n) is 2.61. The van der Waals surface area contributed by atoms with E-state index in [-0.39, 0.29) is 25.5 Å². The number of carbonyl (C=O) groups is 2. The van der Waals surface area contributed by atoms with Crippen molar-refractivity contribution in [3.05, 3.63) is 64.9 Å². The average Bonchev–Trinajstić information content (AvgIpc) is 2.71. The lowest BCUT2D eigenvalue weighted by molar-refractivity contribution is -0.140. The van der Waals surface area contributed by atoms with Crippen LogP contribution < -0.4 is 5.32 Å². The summed E-state index contributed by atoms with van der Waals surface area (Å²) in [6.07, 6.45) is 4.28. The fourth-order valence-corrected chi connectivity index (χ4v) is 3.08. The molecule has 0 radical (unpaired) electrons. The molecule has 0 aliphatic heterocycles. The predicted octanol–water partition coefficient (Wildman–Crippen LogP) is 1.66. The largest absolute Gasteiger partial charge is 0.350 e. The van der Waals surface area contributed by atoms with Crippen LogP contribution in [0.25, 0.3) is 0 Å². The van der Waals surface area contributed by atoms with Crippen molar-refractivity contribution in [2.24, 2.45) is 0 Å². The van der Waals surface area contributed by atoms with Crippen LogP contribution in [0, 0.1) is 0 Å². The summed E-state index contributed by atoms with van der Waals surface area (Å²) >= 11 is 5.92. The Labute approximate surface area is 181 Å². The van der Waals surface area contributed by atoms with Crippen molar-refractivity contribution in [2.75, 3.05) is 19.8 Å². The van der Waals surface area contributed by atoms with Gasteiger partial charge in [-0.15, -0.1) is 0 Å². The molecule has 1 N–H and O–H groups in total. The van der Waals surface area contributed by atoms with Gasteiger partial charge in [0, 0.05) is 37.6 Å². The Hall–Kier alpha value is -2.49. The van der Waals surface area contributed by atoms with Crippen LogP contribution in [0.2, 0.25) is 5.02 Å². The van der Waals surface area contributed by atoms with Crippen molar-refractivity contribution < 1.29 is 18.0 Å². The molecule has 8 nitrogen and oxygen atoms in total. The van der Waals surface area contributed by atoms with E-state index in [9.17, 15) is 18.0 Å². The van der Waals surface area contributed by atoms with E-state index in [1.807, 2.05) is 0 Å². The van der Waals surface area contributed by atoms with Crippen LogP contribution in [0.1, 0.15) is 18.1 Å². The van der Waals surface area contributed by atoms with Crippen molar-refractivity contribution in [3.8, 4) is 0 Å². The molecular weight excluding hydrogens is 428 g/mol. The zero-order valence-electron chi connectivity index (χ0n) is 17.1. The second kappa shape index (κ2) is 10.5. The Morgan fingerprint density at radius 1 is 1.10 bits per heavy atom.